The van der Waals surface area contributed by atoms with Gasteiger partial charge in [0.1, 0.15) is 5.82 Å². The molecule has 0 unspecified atom stereocenters. The summed E-state index contributed by atoms with van der Waals surface area (Å²) >= 11 is 0. The highest BCUT2D eigenvalue weighted by Crippen LogP contribution is 2.31. The summed E-state index contributed by atoms with van der Waals surface area (Å²) in [4.78, 5) is 13.2. The van der Waals surface area contributed by atoms with Crippen molar-refractivity contribution in [2.45, 2.75) is 31.9 Å². The van der Waals surface area contributed by atoms with Gasteiger partial charge in [-0.05, 0) is 25.0 Å². The van der Waals surface area contributed by atoms with Gasteiger partial charge in [0.2, 0.25) is 5.91 Å². The van der Waals surface area contributed by atoms with Crippen LogP contribution >= 0.6 is 0 Å². The Kier molecular flexibility index (Phi) is 3.54. The normalized spacial score (nSPS) is 19.6. The van der Waals surface area contributed by atoms with Crippen molar-refractivity contribution in [1.82, 2.24) is 19.5 Å². The van der Waals surface area contributed by atoms with Crippen molar-refractivity contribution in [3.63, 3.8) is 0 Å². The van der Waals surface area contributed by atoms with Crippen LogP contribution in [0.15, 0.2) is 18.3 Å². The van der Waals surface area contributed by atoms with Gasteiger partial charge in [-0.3, -0.25) is 9.20 Å². The molecule has 118 valence electrons. The lowest BCUT2D eigenvalue weighted by atomic mass is 9.97. The maximum Gasteiger partial charge on any atom is 0.417 e. The summed E-state index contributed by atoms with van der Waals surface area (Å²) in [7, 11) is 0. The molecule has 1 atom stereocenters. The molecule has 0 aromatic carbocycles. The highest BCUT2D eigenvalue weighted by molar-refractivity contribution is 5.73. The van der Waals surface area contributed by atoms with Gasteiger partial charge < -0.3 is 4.90 Å². The second-order valence-electron chi connectivity index (χ2n) is 5.51. The van der Waals surface area contributed by atoms with Gasteiger partial charge >= 0.3 is 6.18 Å². The quantitative estimate of drug-likeness (QED) is 0.813. The highest BCUT2D eigenvalue weighted by atomic mass is 19.4. The molecule has 2 aromatic heterocycles. The Bertz CT molecular complexity index is 710. The summed E-state index contributed by atoms with van der Waals surface area (Å²) < 4.78 is 40.0. The lowest BCUT2D eigenvalue weighted by Gasteiger charge is -2.31. The number of amides is 1. The van der Waals surface area contributed by atoms with Gasteiger partial charge in [0.15, 0.2) is 5.65 Å². The molecular formula is C14H15F3N4O. The van der Waals surface area contributed by atoms with Crippen LogP contribution in [0, 0.1) is 0 Å². The van der Waals surface area contributed by atoms with E-state index in [1.54, 1.807) is 4.90 Å². The maximum absolute atomic E-state index is 12.9. The van der Waals surface area contributed by atoms with Crippen LogP contribution in [0.25, 0.3) is 5.65 Å². The first-order valence-corrected chi connectivity index (χ1v) is 7.03. The van der Waals surface area contributed by atoms with Gasteiger partial charge in [-0.25, -0.2) is 0 Å². The van der Waals surface area contributed by atoms with Crippen LogP contribution in [0.3, 0.4) is 0 Å². The molecule has 5 nitrogen and oxygen atoms in total. The number of rotatable bonds is 1. The van der Waals surface area contributed by atoms with E-state index >= 15 is 0 Å². The Balaban J connectivity index is 1.98. The molecule has 1 aliphatic rings. The van der Waals surface area contributed by atoms with Gasteiger partial charge in [0, 0.05) is 32.1 Å². The van der Waals surface area contributed by atoms with Crippen LogP contribution in [0.4, 0.5) is 13.2 Å². The van der Waals surface area contributed by atoms with Crippen LogP contribution < -0.4 is 0 Å². The zero-order chi connectivity index (χ0) is 15.9. The molecule has 0 radical (unpaired) electrons. The molecule has 1 amide bonds. The first-order chi connectivity index (χ1) is 10.4. The molecule has 1 aliphatic heterocycles. The minimum atomic E-state index is -4.41. The molecule has 8 heteroatoms. The summed E-state index contributed by atoms with van der Waals surface area (Å²) in [5.74, 6) is 0.345. The topological polar surface area (TPSA) is 50.5 Å². The van der Waals surface area contributed by atoms with E-state index in [-0.39, 0.29) is 11.8 Å². The number of aromatic nitrogens is 3. The van der Waals surface area contributed by atoms with Crippen molar-refractivity contribution in [3.8, 4) is 0 Å². The minimum absolute atomic E-state index is 0.0329. The van der Waals surface area contributed by atoms with E-state index in [2.05, 4.69) is 10.2 Å². The number of carbonyl (C=O) groups is 1. The van der Waals surface area contributed by atoms with Gasteiger partial charge in [0.05, 0.1) is 5.56 Å². The Morgan fingerprint density at radius 1 is 1.32 bits per heavy atom. The second-order valence-corrected chi connectivity index (χ2v) is 5.51. The average Bonchev–Trinajstić information content (AvgIpc) is 2.89. The van der Waals surface area contributed by atoms with Crippen LogP contribution in [-0.2, 0) is 11.0 Å². The number of fused-ring (bicyclic) bond motifs is 1. The fourth-order valence-electron chi connectivity index (χ4n) is 2.83. The van der Waals surface area contributed by atoms with E-state index in [0.717, 1.165) is 25.1 Å². The Morgan fingerprint density at radius 3 is 2.77 bits per heavy atom. The number of pyridine rings is 1. The number of carbonyl (C=O) groups excluding carboxylic acids is 1. The fourth-order valence-corrected chi connectivity index (χ4v) is 2.83. The van der Waals surface area contributed by atoms with E-state index in [4.69, 9.17) is 0 Å². The molecule has 0 bridgehead atoms. The predicted octanol–water partition coefficient (Wildman–Crippen LogP) is 2.47. The first kappa shape index (κ1) is 14.8. The number of nitrogens with zero attached hydrogens (tertiary/aromatic N) is 4. The molecule has 0 aliphatic carbocycles. The summed E-state index contributed by atoms with van der Waals surface area (Å²) in [5, 5.41) is 7.97. The van der Waals surface area contributed by atoms with Crippen LogP contribution in [-0.4, -0.2) is 38.5 Å². The van der Waals surface area contributed by atoms with Crippen molar-refractivity contribution in [2.24, 2.45) is 0 Å². The SMILES string of the molecule is CC(=O)N1CCC[C@@H](c2nnc3ccc(C(F)(F)F)cn23)C1. The Labute approximate surface area is 124 Å². The Morgan fingerprint density at radius 2 is 2.09 bits per heavy atom. The lowest BCUT2D eigenvalue weighted by Crippen LogP contribution is -2.38. The smallest absolute Gasteiger partial charge is 0.342 e. The van der Waals surface area contributed by atoms with E-state index in [1.807, 2.05) is 0 Å². The zero-order valence-corrected chi connectivity index (χ0v) is 12.0. The maximum atomic E-state index is 12.9. The first-order valence-electron chi connectivity index (χ1n) is 7.03. The molecule has 1 fully saturated rings. The standard InChI is InChI=1S/C14H15F3N4O/c1-9(22)20-6-2-3-10(7-20)13-19-18-12-5-4-11(8-21(12)13)14(15,16)17/h4-5,8,10H,2-3,6-7H2,1H3/t10-/m1/s1. The van der Waals surface area contributed by atoms with Crippen molar-refractivity contribution >= 4 is 11.6 Å². The van der Waals surface area contributed by atoms with Crippen molar-refractivity contribution in [2.75, 3.05) is 13.1 Å². The van der Waals surface area contributed by atoms with Crippen LogP contribution in [0.5, 0.6) is 0 Å². The molecule has 1 saturated heterocycles. The van der Waals surface area contributed by atoms with E-state index in [1.165, 1.54) is 17.4 Å². The molecule has 0 spiro atoms. The van der Waals surface area contributed by atoms with E-state index in [9.17, 15) is 18.0 Å². The third kappa shape index (κ3) is 2.65. The van der Waals surface area contributed by atoms with E-state index in [0.29, 0.717) is 24.6 Å². The fraction of sp³-hybridized carbons (Fsp3) is 0.500. The van der Waals surface area contributed by atoms with Gasteiger partial charge in [0.25, 0.3) is 0 Å². The number of piperidine rings is 1. The van der Waals surface area contributed by atoms with Crippen LogP contribution in [0.1, 0.15) is 37.1 Å². The molecule has 0 N–H and O–H groups in total. The van der Waals surface area contributed by atoms with Crippen molar-refractivity contribution in [1.29, 1.82) is 0 Å². The monoisotopic (exact) mass is 312 g/mol. The van der Waals surface area contributed by atoms with Gasteiger partial charge in [-0.2, -0.15) is 13.2 Å². The van der Waals surface area contributed by atoms with E-state index < -0.39 is 11.7 Å². The molecule has 3 heterocycles. The summed E-state index contributed by atoms with van der Waals surface area (Å²) in [6.07, 6.45) is -1.80. The minimum Gasteiger partial charge on any atom is -0.342 e. The molecular weight excluding hydrogens is 297 g/mol. The second kappa shape index (κ2) is 5.26. The number of likely N-dealkylation sites (tertiary alicyclic amines) is 1. The number of hydrogen-bond acceptors (Lipinski definition) is 3. The van der Waals surface area contributed by atoms with Gasteiger partial charge in [-0.15, -0.1) is 10.2 Å². The average molecular weight is 312 g/mol. The van der Waals surface area contributed by atoms with Gasteiger partial charge in [-0.1, -0.05) is 0 Å². The predicted molar refractivity (Wildman–Crippen MR) is 72.2 cm³/mol. The lowest BCUT2D eigenvalue weighted by molar-refractivity contribution is -0.137. The van der Waals surface area contributed by atoms with Crippen LogP contribution in [0.2, 0.25) is 0 Å². The summed E-state index contributed by atoms with van der Waals surface area (Å²) in [6, 6.07) is 2.31. The highest BCUT2D eigenvalue weighted by Gasteiger charge is 2.32. The zero-order valence-electron chi connectivity index (χ0n) is 12.0. The third-order valence-electron chi connectivity index (χ3n) is 3.99. The third-order valence-corrected chi connectivity index (χ3v) is 3.99. The number of halogens is 3. The molecule has 22 heavy (non-hydrogen) atoms. The number of hydrogen-bond donors (Lipinski definition) is 0. The Hall–Kier alpha value is -2.12. The largest absolute Gasteiger partial charge is 0.417 e. The molecule has 2 aromatic rings. The van der Waals surface area contributed by atoms with Crippen molar-refractivity contribution < 1.29 is 18.0 Å². The summed E-state index contributed by atoms with van der Waals surface area (Å²) in [6.45, 7) is 2.63. The number of alkyl halides is 3. The summed E-state index contributed by atoms with van der Waals surface area (Å²) in [5.41, 5.74) is -0.358. The van der Waals surface area contributed by atoms with Crippen molar-refractivity contribution in [3.05, 3.63) is 29.7 Å². The molecule has 3 rings (SSSR count). The molecule has 0 saturated carbocycles.